The summed E-state index contributed by atoms with van der Waals surface area (Å²) in [5.41, 5.74) is 3.88. The van der Waals surface area contributed by atoms with Gasteiger partial charge in [-0.3, -0.25) is 8.58 Å². The zero-order valence-corrected chi connectivity index (χ0v) is 13.1. The molecule has 3 heterocycles. The van der Waals surface area contributed by atoms with Crippen molar-refractivity contribution in [3.63, 3.8) is 0 Å². The summed E-state index contributed by atoms with van der Waals surface area (Å²) in [6.07, 6.45) is 2.76. The second-order valence-electron chi connectivity index (χ2n) is 5.31. The van der Waals surface area contributed by atoms with Gasteiger partial charge in [-0.25, -0.2) is 9.97 Å². The minimum absolute atomic E-state index is 0.0590. The van der Waals surface area contributed by atoms with Crippen molar-refractivity contribution in [2.24, 2.45) is 0 Å². The standard InChI is InChI=1S/C16H13N3O3S/c1-23(20,21)22-10-12-9-11-5-4-8-17-15(11)19-14-7-3-2-6-13(14)18-16(12)19/h2-9H,10H2,1H3. The molecule has 0 aliphatic heterocycles. The maximum atomic E-state index is 11.3. The predicted molar refractivity (Wildman–Crippen MR) is 87.6 cm³/mol. The fourth-order valence-corrected chi connectivity index (χ4v) is 3.03. The van der Waals surface area contributed by atoms with Crippen LogP contribution in [-0.4, -0.2) is 29.0 Å². The van der Waals surface area contributed by atoms with Gasteiger partial charge in [0.1, 0.15) is 11.3 Å². The van der Waals surface area contributed by atoms with Crippen molar-refractivity contribution in [2.45, 2.75) is 6.61 Å². The first-order chi connectivity index (χ1) is 11.0. The number of aromatic nitrogens is 3. The molecule has 0 N–H and O–H groups in total. The van der Waals surface area contributed by atoms with E-state index in [4.69, 9.17) is 4.18 Å². The molecule has 0 spiro atoms. The Morgan fingerprint density at radius 2 is 1.96 bits per heavy atom. The Bertz CT molecular complexity index is 1150. The topological polar surface area (TPSA) is 73.6 Å². The number of benzene rings is 1. The van der Waals surface area contributed by atoms with Crippen molar-refractivity contribution >= 4 is 37.8 Å². The summed E-state index contributed by atoms with van der Waals surface area (Å²) in [6, 6.07) is 13.4. The lowest BCUT2D eigenvalue weighted by Crippen LogP contribution is -2.05. The van der Waals surface area contributed by atoms with E-state index in [1.165, 1.54) is 0 Å². The zero-order chi connectivity index (χ0) is 16.0. The monoisotopic (exact) mass is 327 g/mol. The number of imidazole rings is 1. The molecule has 0 atom stereocenters. The van der Waals surface area contributed by atoms with Crippen LogP contribution >= 0.6 is 0 Å². The first-order valence-electron chi connectivity index (χ1n) is 7.01. The van der Waals surface area contributed by atoms with Crippen molar-refractivity contribution in [1.82, 2.24) is 14.4 Å². The molecule has 0 aliphatic carbocycles. The first-order valence-corrected chi connectivity index (χ1v) is 8.83. The molecule has 0 aliphatic rings. The van der Waals surface area contributed by atoms with Crippen molar-refractivity contribution in [3.8, 4) is 0 Å². The van der Waals surface area contributed by atoms with Crippen molar-refractivity contribution in [2.75, 3.05) is 6.26 Å². The average Bonchev–Trinajstić information content (AvgIpc) is 2.92. The molecule has 0 saturated heterocycles. The summed E-state index contributed by atoms with van der Waals surface area (Å²) in [4.78, 5) is 9.06. The molecule has 0 fully saturated rings. The third kappa shape index (κ3) is 2.43. The van der Waals surface area contributed by atoms with Gasteiger partial charge in [-0.1, -0.05) is 12.1 Å². The molecule has 6 nitrogen and oxygen atoms in total. The molecule has 7 heteroatoms. The Hall–Kier alpha value is -2.51. The van der Waals surface area contributed by atoms with Crippen molar-refractivity contribution < 1.29 is 12.6 Å². The van der Waals surface area contributed by atoms with Gasteiger partial charge in [0.2, 0.25) is 0 Å². The minimum atomic E-state index is -3.53. The van der Waals surface area contributed by atoms with E-state index in [9.17, 15) is 8.42 Å². The fourth-order valence-electron chi connectivity index (χ4n) is 2.69. The van der Waals surface area contributed by atoms with Gasteiger partial charge in [-0.05, 0) is 30.3 Å². The molecule has 23 heavy (non-hydrogen) atoms. The molecule has 0 amide bonds. The van der Waals surface area contributed by atoms with Crippen LogP contribution in [0.3, 0.4) is 0 Å². The van der Waals surface area contributed by atoms with E-state index in [2.05, 4.69) is 9.97 Å². The molecular weight excluding hydrogens is 314 g/mol. The van der Waals surface area contributed by atoms with Crippen LogP contribution in [0.1, 0.15) is 5.56 Å². The second kappa shape index (κ2) is 5.00. The lowest BCUT2D eigenvalue weighted by molar-refractivity contribution is 0.312. The van der Waals surface area contributed by atoms with Crippen LogP contribution in [0, 0.1) is 0 Å². The quantitative estimate of drug-likeness (QED) is 0.541. The molecule has 0 saturated carbocycles. The molecule has 0 radical (unpaired) electrons. The highest BCUT2D eigenvalue weighted by molar-refractivity contribution is 7.85. The van der Waals surface area contributed by atoms with Crippen LogP contribution in [0.4, 0.5) is 0 Å². The molecule has 0 bridgehead atoms. The van der Waals surface area contributed by atoms with Gasteiger partial charge in [0, 0.05) is 17.1 Å². The van der Waals surface area contributed by atoms with Crippen LogP contribution in [0.15, 0.2) is 48.7 Å². The third-order valence-corrected chi connectivity index (χ3v) is 4.18. The fraction of sp³-hybridized carbons (Fsp3) is 0.125. The van der Waals surface area contributed by atoms with Crippen molar-refractivity contribution in [1.29, 1.82) is 0 Å². The van der Waals surface area contributed by atoms with Crippen LogP contribution in [0.5, 0.6) is 0 Å². The van der Waals surface area contributed by atoms with E-state index in [0.29, 0.717) is 11.2 Å². The van der Waals surface area contributed by atoms with Crippen LogP contribution in [0.2, 0.25) is 0 Å². The SMILES string of the molecule is CS(=O)(=O)OCc1cc2cccnc2n2c1nc1ccccc12. The van der Waals surface area contributed by atoms with Crippen LogP contribution in [0.25, 0.3) is 27.7 Å². The lowest BCUT2D eigenvalue weighted by Gasteiger charge is -2.08. The van der Waals surface area contributed by atoms with Crippen LogP contribution in [-0.2, 0) is 20.9 Å². The molecule has 1 aromatic carbocycles. The van der Waals surface area contributed by atoms with Gasteiger partial charge in [-0.15, -0.1) is 0 Å². The minimum Gasteiger partial charge on any atom is -0.276 e. The third-order valence-electron chi connectivity index (χ3n) is 3.63. The van der Waals surface area contributed by atoms with Gasteiger partial charge in [0.05, 0.1) is 23.9 Å². The number of para-hydroxylation sites is 2. The van der Waals surface area contributed by atoms with E-state index in [0.717, 1.165) is 28.3 Å². The molecule has 116 valence electrons. The van der Waals surface area contributed by atoms with Gasteiger partial charge in [0.15, 0.2) is 0 Å². The Labute approximate surface area is 132 Å². The van der Waals surface area contributed by atoms with E-state index in [-0.39, 0.29) is 6.61 Å². The Morgan fingerprint density at radius 1 is 1.13 bits per heavy atom. The van der Waals surface area contributed by atoms with E-state index in [1.54, 1.807) is 6.20 Å². The Morgan fingerprint density at radius 3 is 2.78 bits per heavy atom. The average molecular weight is 327 g/mol. The Kier molecular flexibility index (Phi) is 3.07. The molecule has 3 aromatic heterocycles. The maximum Gasteiger partial charge on any atom is 0.264 e. The van der Waals surface area contributed by atoms with E-state index < -0.39 is 10.1 Å². The summed E-state index contributed by atoms with van der Waals surface area (Å²) in [5, 5.41) is 0.898. The largest absolute Gasteiger partial charge is 0.276 e. The highest BCUT2D eigenvalue weighted by Crippen LogP contribution is 2.25. The lowest BCUT2D eigenvalue weighted by atomic mass is 10.2. The van der Waals surface area contributed by atoms with Crippen molar-refractivity contribution in [3.05, 3.63) is 54.2 Å². The van der Waals surface area contributed by atoms with E-state index >= 15 is 0 Å². The number of nitrogens with zero attached hydrogens (tertiary/aromatic N) is 3. The van der Waals surface area contributed by atoms with Gasteiger partial charge in [-0.2, -0.15) is 8.42 Å². The second-order valence-corrected chi connectivity index (χ2v) is 6.96. The normalized spacial score (nSPS) is 12.4. The summed E-state index contributed by atoms with van der Waals surface area (Å²) >= 11 is 0. The van der Waals surface area contributed by atoms with Gasteiger partial charge >= 0.3 is 0 Å². The van der Waals surface area contributed by atoms with Crippen LogP contribution < -0.4 is 0 Å². The summed E-state index contributed by atoms with van der Waals surface area (Å²) in [5.74, 6) is 0. The van der Waals surface area contributed by atoms with Gasteiger partial charge in [0.25, 0.3) is 10.1 Å². The zero-order valence-electron chi connectivity index (χ0n) is 12.3. The number of fused-ring (bicyclic) bond motifs is 5. The summed E-state index contributed by atoms with van der Waals surface area (Å²) in [7, 11) is -3.53. The first kappa shape index (κ1) is 14.1. The number of hydrogen-bond acceptors (Lipinski definition) is 5. The highest BCUT2D eigenvalue weighted by Gasteiger charge is 2.14. The predicted octanol–water partition coefficient (Wildman–Crippen LogP) is 2.51. The maximum absolute atomic E-state index is 11.3. The summed E-state index contributed by atoms with van der Waals surface area (Å²) in [6.45, 7) is -0.0590. The molecule has 4 rings (SSSR count). The van der Waals surface area contributed by atoms with E-state index in [1.807, 2.05) is 46.9 Å². The number of pyridine rings is 2. The smallest absolute Gasteiger partial charge is 0.264 e. The molecule has 0 unspecified atom stereocenters. The molecule has 4 aromatic rings. The number of hydrogen-bond donors (Lipinski definition) is 0. The van der Waals surface area contributed by atoms with Gasteiger partial charge < -0.3 is 0 Å². The highest BCUT2D eigenvalue weighted by atomic mass is 32.2. The molecular formula is C16H13N3O3S. The summed E-state index contributed by atoms with van der Waals surface area (Å²) < 4.78 is 29.5. The number of rotatable bonds is 3. The Balaban J connectivity index is 2.08.